The molecule has 0 unspecified atom stereocenters. The molecule has 0 aliphatic carbocycles. The van der Waals surface area contributed by atoms with Crippen LogP contribution in [0, 0.1) is 0 Å². The van der Waals surface area contributed by atoms with Crippen molar-refractivity contribution >= 4 is 21.9 Å². The molecule has 9 rings (SSSR count). The molecule has 0 saturated carbocycles. The van der Waals surface area contributed by atoms with Crippen molar-refractivity contribution in [2.75, 3.05) is 0 Å². The molecule has 1 N–H and O–H groups in total. The lowest BCUT2D eigenvalue weighted by Gasteiger charge is -2.26. The minimum Gasteiger partial charge on any atom is -0.507 e. The maximum absolute atomic E-state index is 11.8. The molecular formula is C62H63N3O. The smallest absolute Gasteiger partial charge is 0.149 e. The summed E-state index contributed by atoms with van der Waals surface area (Å²) in [5, 5.41) is 12.9. The van der Waals surface area contributed by atoms with Gasteiger partial charge in [0.05, 0.1) is 22.1 Å². The highest BCUT2D eigenvalue weighted by atomic mass is 16.3. The van der Waals surface area contributed by atoms with Gasteiger partial charge >= 0.3 is 0 Å². The van der Waals surface area contributed by atoms with Gasteiger partial charge in [0.1, 0.15) is 11.6 Å². The molecule has 0 radical (unpaired) electrons. The van der Waals surface area contributed by atoms with Gasteiger partial charge in [0, 0.05) is 28.4 Å². The largest absolute Gasteiger partial charge is 0.507 e. The maximum atomic E-state index is 11.8. The molecule has 9 aromatic rings. The summed E-state index contributed by atoms with van der Waals surface area (Å²) < 4.78 is 2.25. The number of rotatable bonds is 6. The number of nitrogens with zero attached hydrogens (tertiary/aromatic N) is 3. The van der Waals surface area contributed by atoms with Crippen molar-refractivity contribution in [1.82, 2.24) is 14.5 Å². The average Bonchev–Trinajstić information content (AvgIpc) is 3.66. The Bertz CT molecular complexity index is 3250. The Morgan fingerprint density at radius 3 is 1.59 bits per heavy atom. The first-order chi connectivity index (χ1) is 31.2. The van der Waals surface area contributed by atoms with Crippen LogP contribution in [-0.2, 0) is 21.7 Å². The van der Waals surface area contributed by atoms with E-state index in [1.807, 2.05) is 18.3 Å². The number of aromatic nitrogens is 3. The fraction of sp³-hybridized carbons (Fsp3) is 0.258. The third kappa shape index (κ3) is 8.34. The summed E-state index contributed by atoms with van der Waals surface area (Å²) >= 11 is 0. The monoisotopic (exact) mass is 865 g/mol. The van der Waals surface area contributed by atoms with Gasteiger partial charge in [-0.3, -0.25) is 9.55 Å². The Balaban J connectivity index is 1.35. The van der Waals surface area contributed by atoms with Gasteiger partial charge in [0.25, 0.3) is 0 Å². The summed E-state index contributed by atoms with van der Waals surface area (Å²) in [6.07, 6.45) is 1.91. The third-order valence-corrected chi connectivity index (χ3v) is 13.1. The number of benzene rings is 7. The molecule has 0 amide bonds. The van der Waals surface area contributed by atoms with Crippen LogP contribution >= 0.6 is 0 Å². The number of hydrogen-bond donors (Lipinski definition) is 1. The zero-order chi connectivity index (χ0) is 46.9. The lowest BCUT2D eigenvalue weighted by atomic mass is 9.78. The average molecular weight is 866 g/mol. The van der Waals surface area contributed by atoms with E-state index < -0.39 is 0 Å². The number of phenolic OH excluding ortho intramolecular Hbond substituents is 1. The molecule has 332 valence electrons. The first kappa shape index (κ1) is 44.4. The number of aromatic hydroxyl groups is 1. The van der Waals surface area contributed by atoms with Crippen LogP contribution in [0.5, 0.6) is 5.75 Å². The zero-order valence-electron chi connectivity index (χ0n) is 40.8. The van der Waals surface area contributed by atoms with E-state index in [4.69, 9.17) is 9.97 Å². The van der Waals surface area contributed by atoms with Crippen LogP contribution in [0.2, 0.25) is 0 Å². The second-order valence-corrected chi connectivity index (χ2v) is 22.2. The molecule has 0 atom stereocenters. The number of hydrogen-bond acceptors (Lipinski definition) is 3. The second kappa shape index (κ2) is 16.3. The van der Waals surface area contributed by atoms with E-state index in [0.29, 0.717) is 11.4 Å². The van der Waals surface area contributed by atoms with Crippen molar-refractivity contribution < 1.29 is 5.11 Å². The Hall–Kier alpha value is -6.78. The van der Waals surface area contributed by atoms with Gasteiger partial charge in [-0.25, -0.2) is 4.98 Å². The number of pyridine rings is 1. The molecule has 4 nitrogen and oxygen atoms in total. The minimum absolute atomic E-state index is 0.0159. The molecule has 4 heteroatoms. The maximum Gasteiger partial charge on any atom is 0.149 e. The molecule has 0 aliphatic rings. The van der Waals surface area contributed by atoms with Gasteiger partial charge in [-0.15, -0.1) is 0 Å². The van der Waals surface area contributed by atoms with Crippen molar-refractivity contribution in [2.45, 2.75) is 105 Å². The minimum atomic E-state index is -0.143. The van der Waals surface area contributed by atoms with E-state index in [1.165, 1.54) is 27.8 Å². The van der Waals surface area contributed by atoms with E-state index in [9.17, 15) is 5.11 Å². The van der Waals surface area contributed by atoms with Crippen molar-refractivity contribution in [1.29, 1.82) is 0 Å². The molecule has 66 heavy (non-hydrogen) atoms. The Kier molecular flexibility index (Phi) is 11.0. The van der Waals surface area contributed by atoms with Crippen molar-refractivity contribution in [3.8, 4) is 67.3 Å². The van der Waals surface area contributed by atoms with Crippen LogP contribution in [-0.4, -0.2) is 19.6 Å². The molecule has 0 fully saturated rings. The van der Waals surface area contributed by atoms with E-state index in [1.54, 1.807) is 0 Å². The van der Waals surface area contributed by atoms with Crippen LogP contribution < -0.4 is 0 Å². The normalized spacial score (nSPS) is 12.6. The van der Waals surface area contributed by atoms with E-state index in [2.05, 4.69) is 227 Å². The van der Waals surface area contributed by atoms with E-state index >= 15 is 0 Å². The van der Waals surface area contributed by atoms with Crippen LogP contribution in [0.4, 0.5) is 0 Å². The number of phenols is 1. The van der Waals surface area contributed by atoms with Gasteiger partial charge in [-0.2, -0.15) is 0 Å². The predicted octanol–water partition coefficient (Wildman–Crippen LogP) is 16.8. The Morgan fingerprint density at radius 2 is 0.985 bits per heavy atom. The van der Waals surface area contributed by atoms with Crippen LogP contribution in [0.15, 0.2) is 158 Å². The van der Waals surface area contributed by atoms with Crippen molar-refractivity contribution in [2.24, 2.45) is 0 Å². The van der Waals surface area contributed by atoms with Gasteiger partial charge in [0.2, 0.25) is 0 Å². The summed E-state index contributed by atoms with van der Waals surface area (Å²) in [5.74, 6) is 0.884. The van der Waals surface area contributed by atoms with Gasteiger partial charge in [-0.05, 0) is 132 Å². The van der Waals surface area contributed by atoms with E-state index in [-0.39, 0.29) is 27.4 Å². The zero-order valence-corrected chi connectivity index (χ0v) is 40.8. The van der Waals surface area contributed by atoms with Crippen LogP contribution in [0.3, 0.4) is 0 Å². The van der Waals surface area contributed by atoms with Crippen LogP contribution in [0.25, 0.3) is 83.5 Å². The Labute approximate surface area is 392 Å². The van der Waals surface area contributed by atoms with Crippen LogP contribution in [0.1, 0.15) is 105 Å². The van der Waals surface area contributed by atoms with Gasteiger partial charge in [-0.1, -0.05) is 180 Å². The summed E-state index contributed by atoms with van der Waals surface area (Å²) in [5.41, 5.74) is 18.0. The third-order valence-electron chi connectivity index (χ3n) is 13.1. The first-order valence-corrected chi connectivity index (χ1v) is 23.4. The lowest BCUT2D eigenvalue weighted by molar-refractivity contribution is 0.475. The van der Waals surface area contributed by atoms with E-state index in [0.717, 1.165) is 66.6 Å². The van der Waals surface area contributed by atoms with Crippen molar-refractivity contribution in [3.05, 3.63) is 180 Å². The standard InChI is InChI=1S/C62H63N3O/c1-59(2,3)44-25-23-39(24-26-44)43-35-50(41-20-16-21-42(34-41)51-38-49(40-18-14-13-15-19-40)55(62(10,11)12)48-22-17-33-63-56(48)51)57-53(36-43)65(47-30-27-45(28-31-47)60(4,5)6)58(64-57)52-37-46(61(7,8)9)29-32-54(52)66/h13-38,66H,1-12H3. The number of fused-ring (bicyclic) bond motifs is 2. The molecular weight excluding hydrogens is 803 g/mol. The summed E-state index contributed by atoms with van der Waals surface area (Å²) in [6.45, 7) is 27.0. The second-order valence-electron chi connectivity index (χ2n) is 22.2. The van der Waals surface area contributed by atoms with Gasteiger partial charge < -0.3 is 5.11 Å². The fourth-order valence-electron chi connectivity index (χ4n) is 9.44. The molecule has 2 aromatic heterocycles. The molecule has 0 saturated heterocycles. The molecule has 2 heterocycles. The summed E-state index contributed by atoms with van der Waals surface area (Å²) in [4.78, 5) is 10.7. The summed E-state index contributed by atoms with van der Waals surface area (Å²) in [7, 11) is 0. The highest BCUT2D eigenvalue weighted by molar-refractivity contribution is 6.03. The molecule has 0 spiro atoms. The quantitative estimate of drug-likeness (QED) is 0.181. The highest BCUT2D eigenvalue weighted by Gasteiger charge is 2.27. The predicted molar refractivity (Wildman–Crippen MR) is 280 cm³/mol. The SMILES string of the molecule is CC(C)(C)c1ccc(-c2cc(-c3cccc(-c4cc(-c5ccccc5)c(C(C)(C)C)c5cccnc45)c3)c3nc(-c4cc(C(C)(C)C)ccc4O)n(-c4ccc(C(C)(C)C)cc4)c3c2)cc1. The Morgan fingerprint density at radius 1 is 0.409 bits per heavy atom. The van der Waals surface area contributed by atoms with Gasteiger partial charge in [0.15, 0.2) is 0 Å². The highest BCUT2D eigenvalue weighted by Crippen LogP contribution is 2.45. The lowest BCUT2D eigenvalue weighted by Crippen LogP contribution is -2.14. The molecule has 7 aromatic carbocycles. The topological polar surface area (TPSA) is 50.9 Å². The first-order valence-electron chi connectivity index (χ1n) is 23.4. The molecule has 0 bridgehead atoms. The number of imidazole rings is 1. The van der Waals surface area contributed by atoms with Crippen molar-refractivity contribution in [3.63, 3.8) is 0 Å². The fourth-order valence-corrected chi connectivity index (χ4v) is 9.44. The summed E-state index contributed by atoms with van der Waals surface area (Å²) in [6, 6.07) is 54.7. The molecule has 0 aliphatic heterocycles.